The summed E-state index contributed by atoms with van der Waals surface area (Å²) in [6.45, 7) is 9.51. The topological polar surface area (TPSA) is 68.4 Å². The van der Waals surface area contributed by atoms with Crippen LogP contribution >= 0.6 is 0 Å². The van der Waals surface area contributed by atoms with Crippen molar-refractivity contribution in [1.29, 1.82) is 0 Å². The number of nitrogens with zero attached hydrogens (tertiary/aromatic N) is 1. The van der Waals surface area contributed by atoms with Crippen LogP contribution in [0.3, 0.4) is 0 Å². The van der Waals surface area contributed by atoms with Gasteiger partial charge in [0.2, 0.25) is 0 Å². The molecule has 2 heterocycles. The summed E-state index contributed by atoms with van der Waals surface area (Å²) in [7, 11) is 0. The van der Waals surface area contributed by atoms with E-state index in [0.29, 0.717) is 5.56 Å². The molecule has 3 N–H and O–H groups in total. The summed E-state index contributed by atoms with van der Waals surface area (Å²) in [6, 6.07) is 3.78. The number of fused-ring (bicyclic) bond motifs is 1. The number of benzene rings is 1. The van der Waals surface area contributed by atoms with E-state index in [0.717, 1.165) is 62.3 Å². The molecule has 5 nitrogen and oxygen atoms in total. The van der Waals surface area contributed by atoms with Crippen molar-refractivity contribution in [3.8, 4) is 0 Å². The third-order valence-electron chi connectivity index (χ3n) is 4.81. The third kappa shape index (κ3) is 3.41. The number of piperazine rings is 1. The molecule has 1 aromatic heterocycles. The Labute approximate surface area is 136 Å². The van der Waals surface area contributed by atoms with E-state index in [-0.39, 0.29) is 0 Å². The predicted molar refractivity (Wildman–Crippen MR) is 92.4 cm³/mol. The lowest BCUT2D eigenvalue weighted by Crippen LogP contribution is -2.43. The smallest absolute Gasteiger partial charge is 0.336 e. The summed E-state index contributed by atoms with van der Waals surface area (Å²) < 4.78 is 0. The third-order valence-corrected chi connectivity index (χ3v) is 4.81. The summed E-state index contributed by atoms with van der Waals surface area (Å²) in [5.74, 6) is -0.864. The molecule has 124 valence electrons. The number of aromatic carboxylic acids is 1. The number of carboxylic acid groups (broad SMARTS) is 1. The van der Waals surface area contributed by atoms with E-state index in [2.05, 4.69) is 22.1 Å². The van der Waals surface area contributed by atoms with Gasteiger partial charge in [-0.1, -0.05) is 0 Å². The lowest BCUT2D eigenvalue weighted by molar-refractivity contribution is 0.0696. The van der Waals surface area contributed by atoms with Gasteiger partial charge in [-0.05, 0) is 56.5 Å². The van der Waals surface area contributed by atoms with Crippen LogP contribution < -0.4 is 5.32 Å². The zero-order valence-electron chi connectivity index (χ0n) is 13.9. The van der Waals surface area contributed by atoms with Gasteiger partial charge < -0.3 is 20.3 Å². The fraction of sp³-hybridized carbons (Fsp3) is 0.500. The fourth-order valence-electron chi connectivity index (χ4n) is 3.51. The van der Waals surface area contributed by atoms with Gasteiger partial charge in [0.15, 0.2) is 0 Å². The second-order valence-corrected chi connectivity index (χ2v) is 6.44. The van der Waals surface area contributed by atoms with Crippen LogP contribution in [0, 0.1) is 13.8 Å². The van der Waals surface area contributed by atoms with E-state index in [4.69, 9.17) is 0 Å². The van der Waals surface area contributed by atoms with Gasteiger partial charge in [-0.2, -0.15) is 0 Å². The highest BCUT2D eigenvalue weighted by Gasteiger charge is 2.15. The van der Waals surface area contributed by atoms with Gasteiger partial charge in [0.1, 0.15) is 0 Å². The Bertz CT molecular complexity index is 715. The fourth-order valence-corrected chi connectivity index (χ4v) is 3.51. The summed E-state index contributed by atoms with van der Waals surface area (Å²) >= 11 is 0. The molecule has 0 unspecified atom stereocenters. The minimum absolute atomic E-state index is 0.381. The Morgan fingerprint density at radius 1 is 1.26 bits per heavy atom. The van der Waals surface area contributed by atoms with Crippen molar-refractivity contribution in [1.82, 2.24) is 15.2 Å². The second kappa shape index (κ2) is 6.72. The molecule has 0 spiro atoms. The van der Waals surface area contributed by atoms with Crippen molar-refractivity contribution < 1.29 is 9.90 Å². The Balaban J connectivity index is 1.76. The number of hydrogen-bond donors (Lipinski definition) is 3. The van der Waals surface area contributed by atoms with Gasteiger partial charge in [0.05, 0.1) is 5.56 Å². The average Bonchev–Trinajstić information content (AvgIpc) is 2.83. The minimum atomic E-state index is -0.864. The normalized spacial score (nSPS) is 16.1. The lowest BCUT2D eigenvalue weighted by atomic mass is 10.0. The quantitative estimate of drug-likeness (QED) is 0.792. The van der Waals surface area contributed by atoms with Crippen molar-refractivity contribution in [2.24, 2.45) is 0 Å². The standard InChI is InChI=1S/C18H25N3O2/c1-12-10-16-14(4-3-7-21-8-5-19-6-9-21)13(2)20-17(16)11-15(12)18(22)23/h10-11,19-20H,3-9H2,1-2H3,(H,22,23). The second-order valence-electron chi connectivity index (χ2n) is 6.44. The number of carboxylic acids is 1. The molecule has 2 aromatic rings. The van der Waals surface area contributed by atoms with Gasteiger partial charge >= 0.3 is 5.97 Å². The van der Waals surface area contributed by atoms with Crippen LogP contribution in [0.2, 0.25) is 0 Å². The molecule has 0 atom stereocenters. The van der Waals surface area contributed by atoms with Crippen LogP contribution in [0.1, 0.15) is 33.6 Å². The lowest BCUT2D eigenvalue weighted by Gasteiger charge is -2.27. The van der Waals surface area contributed by atoms with Gasteiger partial charge in [0, 0.05) is 42.8 Å². The molecule has 1 aliphatic rings. The summed E-state index contributed by atoms with van der Waals surface area (Å²) in [5.41, 5.74) is 4.62. The minimum Gasteiger partial charge on any atom is -0.478 e. The summed E-state index contributed by atoms with van der Waals surface area (Å²) in [6.07, 6.45) is 2.16. The van der Waals surface area contributed by atoms with Crippen LogP contribution in [0.5, 0.6) is 0 Å². The van der Waals surface area contributed by atoms with Crippen molar-refractivity contribution in [3.05, 3.63) is 34.5 Å². The number of carbonyl (C=O) groups is 1. The molecular weight excluding hydrogens is 290 g/mol. The first-order valence-electron chi connectivity index (χ1n) is 8.34. The van der Waals surface area contributed by atoms with E-state index in [9.17, 15) is 9.90 Å². The van der Waals surface area contributed by atoms with E-state index in [1.54, 1.807) is 6.07 Å². The van der Waals surface area contributed by atoms with E-state index >= 15 is 0 Å². The molecule has 5 heteroatoms. The molecule has 0 amide bonds. The number of hydrogen-bond acceptors (Lipinski definition) is 3. The van der Waals surface area contributed by atoms with Gasteiger partial charge in [0.25, 0.3) is 0 Å². The molecule has 1 saturated heterocycles. The van der Waals surface area contributed by atoms with Crippen LogP contribution in [-0.4, -0.2) is 53.7 Å². The Hall–Kier alpha value is -1.85. The number of nitrogens with one attached hydrogen (secondary N) is 2. The van der Waals surface area contributed by atoms with Crippen molar-refractivity contribution >= 4 is 16.9 Å². The van der Waals surface area contributed by atoms with Crippen LogP contribution in [0.25, 0.3) is 10.9 Å². The number of H-pyrrole nitrogens is 1. The number of aromatic amines is 1. The Kier molecular flexibility index (Phi) is 4.68. The maximum absolute atomic E-state index is 11.3. The van der Waals surface area contributed by atoms with Crippen LogP contribution in [0.15, 0.2) is 12.1 Å². The molecule has 3 rings (SSSR count). The van der Waals surface area contributed by atoms with E-state index in [1.807, 2.05) is 13.0 Å². The predicted octanol–water partition coefficient (Wildman–Crippen LogP) is 2.32. The molecule has 1 fully saturated rings. The molecular formula is C18H25N3O2. The summed E-state index contributed by atoms with van der Waals surface area (Å²) in [4.78, 5) is 17.1. The van der Waals surface area contributed by atoms with Crippen molar-refractivity contribution in [2.75, 3.05) is 32.7 Å². The highest BCUT2D eigenvalue weighted by atomic mass is 16.4. The van der Waals surface area contributed by atoms with Crippen molar-refractivity contribution in [2.45, 2.75) is 26.7 Å². The maximum Gasteiger partial charge on any atom is 0.336 e. The SMILES string of the molecule is Cc1cc2c(CCCN3CCNCC3)c(C)[nH]c2cc1C(=O)O. The zero-order valence-corrected chi connectivity index (χ0v) is 13.9. The molecule has 0 bridgehead atoms. The van der Waals surface area contributed by atoms with Gasteiger partial charge in [-0.25, -0.2) is 4.79 Å². The highest BCUT2D eigenvalue weighted by Crippen LogP contribution is 2.26. The molecule has 0 aliphatic carbocycles. The largest absolute Gasteiger partial charge is 0.478 e. The molecule has 23 heavy (non-hydrogen) atoms. The van der Waals surface area contributed by atoms with Gasteiger partial charge in [-0.15, -0.1) is 0 Å². The maximum atomic E-state index is 11.3. The Morgan fingerprint density at radius 2 is 2.00 bits per heavy atom. The average molecular weight is 315 g/mol. The molecule has 1 aromatic carbocycles. The molecule has 0 radical (unpaired) electrons. The highest BCUT2D eigenvalue weighted by molar-refractivity contribution is 5.96. The zero-order chi connectivity index (χ0) is 16.4. The monoisotopic (exact) mass is 315 g/mol. The number of aromatic nitrogens is 1. The van der Waals surface area contributed by atoms with Crippen LogP contribution in [-0.2, 0) is 6.42 Å². The molecule has 0 saturated carbocycles. The van der Waals surface area contributed by atoms with E-state index in [1.165, 1.54) is 10.9 Å². The molecule has 1 aliphatic heterocycles. The Morgan fingerprint density at radius 3 is 2.70 bits per heavy atom. The van der Waals surface area contributed by atoms with E-state index < -0.39 is 5.97 Å². The van der Waals surface area contributed by atoms with Crippen LogP contribution in [0.4, 0.5) is 0 Å². The first-order valence-corrected chi connectivity index (χ1v) is 8.34. The van der Waals surface area contributed by atoms with Crippen molar-refractivity contribution in [3.63, 3.8) is 0 Å². The summed E-state index contributed by atoms with van der Waals surface area (Å²) in [5, 5.41) is 13.8. The number of rotatable bonds is 5. The number of aryl methyl sites for hydroxylation is 3. The van der Waals surface area contributed by atoms with Gasteiger partial charge in [-0.3, -0.25) is 0 Å². The first kappa shape index (κ1) is 16.0. The first-order chi connectivity index (χ1) is 11.1.